The Morgan fingerprint density at radius 3 is 2.57 bits per heavy atom. The van der Waals surface area contributed by atoms with E-state index in [0.717, 1.165) is 23.1 Å². The summed E-state index contributed by atoms with van der Waals surface area (Å²) in [6, 6.07) is 14.7. The van der Waals surface area contributed by atoms with Crippen molar-refractivity contribution < 1.29 is 28.3 Å². The lowest BCUT2D eigenvalue weighted by molar-refractivity contribution is -0.187. The van der Waals surface area contributed by atoms with Gasteiger partial charge in [-0.2, -0.15) is 11.8 Å². The molecule has 0 aromatic heterocycles. The lowest BCUT2D eigenvalue weighted by Crippen LogP contribution is -2.76. The number of piperazine rings is 1. The highest BCUT2D eigenvalue weighted by Gasteiger charge is 2.50. The number of carbonyl (C=O) groups is 4. The molecule has 236 valence electrons. The van der Waals surface area contributed by atoms with Crippen molar-refractivity contribution in [3.8, 4) is 0 Å². The van der Waals surface area contributed by atoms with Crippen molar-refractivity contribution in [1.29, 1.82) is 0 Å². The number of thioether (sulfide) groups is 2. The minimum absolute atomic E-state index is 0.0696. The molecule has 2 aliphatic rings. The zero-order valence-corrected chi connectivity index (χ0v) is 26.4. The molecule has 2 aromatic rings. The highest BCUT2D eigenvalue weighted by Crippen LogP contribution is 2.29. The second-order valence-corrected chi connectivity index (χ2v) is 12.5. The fourth-order valence-corrected chi connectivity index (χ4v) is 6.74. The second kappa shape index (κ2) is 16.5. The summed E-state index contributed by atoms with van der Waals surface area (Å²) in [5, 5.41) is 5.52. The number of hydrogen-bond donors (Lipinski definition) is 1. The summed E-state index contributed by atoms with van der Waals surface area (Å²) in [4.78, 5) is 55.9. The molecule has 0 saturated carbocycles. The van der Waals surface area contributed by atoms with Gasteiger partial charge in [-0.3, -0.25) is 9.59 Å². The second-order valence-electron chi connectivity index (χ2n) is 10.4. The Labute approximate surface area is 265 Å². The highest BCUT2D eigenvalue weighted by molar-refractivity contribution is 8.13. The summed E-state index contributed by atoms with van der Waals surface area (Å²) < 4.78 is 18.4. The number of benzene rings is 2. The van der Waals surface area contributed by atoms with Crippen LogP contribution in [0, 0.1) is 5.82 Å². The molecule has 13 heteroatoms. The SMILES string of the molecule is C=CCOC(=O)SCCC[C@H]1C(=O)N(CCSCc2ccccc2)C[C@H]2N1C(=O)CN(C)N2C(=O)NCc1ccc(F)cc1. The third kappa shape index (κ3) is 8.99. The van der Waals surface area contributed by atoms with Crippen LogP contribution >= 0.6 is 23.5 Å². The van der Waals surface area contributed by atoms with E-state index in [0.29, 0.717) is 30.9 Å². The third-order valence-corrected chi connectivity index (χ3v) is 9.14. The molecule has 0 radical (unpaired) electrons. The number of rotatable bonds is 13. The van der Waals surface area contributed by atoms with Crippen LogP contribution < -0.4 is 5.32 Å². The van der Waals surface area contributed by atoms with E-state index in [1.165, 1.54) is 33.7 Å². The van der Waals surface area contributed by atoms with Crippen LogP contribution in [0.4, 0.5) is 14.0 Å². The van der Waals surface area contributed by atoms with E-state index in [-0.39, 0.29) is 43.9 Å². The van der Waals surface area contributed by atoms with Crippen molar-refractivity contribution >= 4 is 46.7 Å². The molecule has 0 unspecified atom stereocenters. The number of urea groups is 1. The first-order valence-corrected chi connectivity index (χ1v) is 16.6. The van der Waals surface area contributed by atoms with Gasteiger partial charge >= 0.3 is 11.3 Å². The average molecular weight is 644 g/mol. The molecule has 2 atom stereocenters. The normalized spacial score (nSPS) is 18.6. The van der Waals surface area contributed by atoms with E-state index < -0.39 is 23.5 Å². The van der Waals surface area contributed by atoms with Crippen molar-refractivity contribution in [2.45, 2.75) is 37.3 Å². The largest absolute Gasteiger partial charge is 0.453 e. The number of nitrogens with one attached hydrogen (secondary N) is 1. The molecule has 2 heterocycles. The Balaban J connectivity index is 1.46. The van der Waals surface area contributed by atoms with E-state index in [1.54, 1.807) is 40.9 Å². The Kier molecular flexibility index (Phi) is 12.5. The third-order valence-electron chi connectivity index (χ3n) is 7.28. The van der Waals surface area contributed by atoms with Gasteiger partial charge in [0.15, 0.2) is 0 Å². The number of amides is 4. The van der Waals surface area contributed by atoms with E-state index in [4.69, 9.17) is 4.74 Å². The number of fused-ring (bicyclic) bond motifs is 1. The van der Waals surface area contributed by atoms with E-state index in [1.807, 2.05) is 18.2 Å². The van der Waals surface area contributed by atoms with Gasteiger partial charge < -0.3 is 19.9 Å². The maximum Gasteiger partial charge on any atom is 0.367 e. The molecular weight excluding hydrogens is 606 g/mol. The van der Waals surface area contributed by atoms with Gasteiger partial charge in [0, 0.05) is 37.4 Å². The van der Waals surface area contributed by atoms with Gasteiger partial charge in [-0.15, -0.1) is 0 Å². The minimum atomic E-state index is -0.772. The number of ether oxygens (including phenoxy) is 1. The fourth-order valence-electron chi connectivity index (χ4n) is 5.18. The van der Waals surface area contributed by atoms with Gasteiger partial charge in [-0.1, -0.05) is 55.1 Å². The van der Waals surface area contributed by atoms with Crippen LogP contribution in [0.2, 0.25) is 0 Å². The smallest absolute Gasteiger partial charge is 0.367 e. The first-order chi connectivity index (χ1) is 21.3. The molecule has 0 bridgehead atoms. The molecule has 0 aliphatic carbocycles. The zero-order chi connectivity index (χ0) is 31.5. The molecule has 2 aromatic carbocycles. The molecule has 4 rings (SSSR count). The summed E-state index contributed by atoms with van der Waals surface area (Å²) in [6.07, 6.45) is 1.61. The lowest BCUT2D eigenvalue weighted by atomic mass is 10.0. The summed E-state index contributed by atoms with van der Waals surface area (Å²) in [5.41, 5.74) is 1.92. The van der Waals surface area contributed by atoms with Crippen LogP contribution in [0.15, 0.2) is 67.3 Å². The molecule has 0 spiro atoms. The Morgan fingerprint density at radius 1 is 1.09 bits per heavy atom. The summed E-state index contributed by atoms with van der Waals surface area (Å²) in [7, 11) is 1.67. The predicted molar refractivity (Wildman–Crippen MR) is 170 cm³/mol. The minimum Gasteiger partial charge on any atom is -0.453 e. The van der Waals surface area contributed by atoms with Gasteiger partial charge in [0.05, 0.1) is 13.1 Å². The van der Waals surface area contributed by atoms with E-state index in [9.17, 15) is 23.6 Å². The quantitative estimate of drug-likeness (QED) is 0.196. The predicted octanol–water partition coefficient (Wildman–Crippen LogP) is 4.33. The molecule has 2 fully saturated rings. The zero-order valence-electron chi connectivity index (χ0n) is 24.7. The molecule has 44 heavy (non-hydrogen) atoms. The number of hydrazine groups is 1. The van der Waals surface area contributed by atoms with Gasteiger partial charge in [0.1, 0.15) is 24.6 Å². The number of carbonyl (C=O) groups excluding carboxylic acids is 4. The first kappa shape index (κ1) is 33.3. The van der Waals surface area contributed by atoms with Crippen molar-refractivity contribution in [3.63, 3.8) is 0 Å². The van der Waals surface area contributed by atoms with Gasteiger partial charge in [-0.05, 0) is 47.9 Å². The van der Waals surface area contributed by atoms with Crippen LogP contribution in [0.25, 0.3) is 0 Å². The van der Waals surface area contributed by atoms with Gasteiger partial charge in [0.25, 0.3) is 0 Å². The molecular formula is C31H38FN5O5S2. The molecule has 1 N–H and O–H groups in total. The lowest BCUT2D eigenvalue weighted by Gasteiger charge is -2.54. The van der Waals surface area contributed by atoms with Crippen molar-refractivity contribution in [2.75, 3.05) is 44.8 Å². The standard InChI is InChI=1S/C31H38FN5O5S2/c1-3-16-42-31(41)44-17-7-10-26-29(39)35(15-18-43-22-24-8-5-4-6-9-24)20-27-36(26)28(38)21-34(2)37(27)30(40)33-19-23-11-13-25(32)14-12-23/h3-6,8-9,11-14,26-27H,1,7,10,15-22H2,2H3,(H,33,40)/t26-,27-/m0/s1. The topological polar surface area (TPSA) is 102 Å². The monoisotopic (exact) mass is 643 g/mol. The van der Waals surface area contributed by atoms with Crippen molar-refractivity contribution in [3.05, 3.63) is 84.2 Å². The number of hydrogen-bond acceptors (Lipinski definition) is 8. The van der Waals surface area contributed by atoms with Crippen LogP contribution in [-0.2, 0) is 26.6 Å². The Hall–Kier alpha value is -3.55. The Morgan fingerprint density at radius 2 is 1.84 bits per heavy atom. The van der Waals surface area contributed by atoms with Crippen LogP contribution in [-0.4, -0.2) is 100.0 Å². The van der Waals surface area contributed by atoms with Gasteiger partial charge in [-0.25, -0.2) is 24.0 Å². The summed E-state index contributed by atoms with van der Waals surface area (Å²) >= 11 is 2.73. The number of halogens is 1. The van der Waals surface area contributed by atoms with Crippen molar-refractivity contribution in [2.24, 2.45) is 0 Å². The van der Waals surface area contributed by atoms with Crippen molar-refractivity contribution in [1.82, 2.24) is 25.1 Å². The van der Waals surface area contributed by atoms with Gasteiger partial charge in [0.2, 0.25) is 11.8 Å². The molecule has 4 amide bonds. The van der Waals surface area contributed by atoms with Crippen LogP contribution in [0.3, 0.4) is 0 Å². The maximum atomic E-state index is 13.8. The highest BCUT2D eigenvalue weighted by atomic mass is 32.2. The van der Waals surface area contributed by atoms with E-state index >= 15 is 0 Å². The molecule has 2 saturated heterocycles. The summed E-state index contributed by atoms with van der Waals surface area (Å²) in [5.74, 6) is 1.14. The van der Waals surface area contributed by atoms with Crippen LogP contribution in [0.1, 0.15) is 24.0 Å². The van der Waals surface area contributed by atoms with Crippen LogP contribution in [0.5, 0.6) is 0 Å². The molecule has 2 aliphatic heterocycles. The Bertz CT molecular complexity index is 1300. The summed E-state index contributed by atoms with van der Waals surface area (Å²) in [6.45, 7) is 4.39. The first-order valence-electron chi connectivity index (χ1n) is 14.4. The van der Waals surface area contributed by atoms with E-state index in [2.05, 4.69) is 24.0 Å². The fraction of sp³-hybridized carbons (Fsp3) is 0.419. The average Bonchev–Trinajstić information content (AvgIpc) is 3.01. The number of nitrogens with zero attached hydrogens (tertiary/aromatic N) is 4. The molecule has 10 nitrogen and oxygen atoms in total. The maximum absolute atomic E-state index is 13.8. The number of likely N-dealkylation sites (N-methyl/N-ethyl adjacent to an activating group) is 1.